The highest BCUT2D eigenvalue weighted by molar-refractivity contribution is 8.14. The van der Waals surface area contributed by atoms with E-state index in [0.29, 0.717) is 0 Å². The van der Waals surface area contributed by atoms with Crippen LogP contribution in [0.25, 0.3) is 0 Å². The minimum Gasteiger partial charge on any atom is -0.282 e. The molecule has 0 amide bonds. The average molecular weight is 218 g/mol. The minimum absolute atomic E-state index is 0.0751. The van der Waals surface area contributed by atoms with E-state index in [-0.39, 0.29) is 10.4 Å². The van der Waals surface area contributed by atoms with Crippen molar-refractivity contribution >= 4 is 16.9 Å². The van der Waals surface area contributed by atoms with Gasteiger partial charge in [0, 0.05) is 10.8 Å². The molecule has 0 aliphatic carbocycles. The molecular formula is C13H14OS. The van der Waals surface area contributed by atoms with Crippen LogP contribution in [0.3, 0.4) is 0 Å². The molecule has 78 valence electrons. The standard InChI is InChI=1S/C13H14OS/c1-4-10(2)11(3)15-13(14)12-8-6-5-7-9-12/h4-9,11H,1-2H2,3H3. The van der Waals surface area contributed by atoms with Crippen LogP contribution in [0.15, 0.2) is 55.1 Å². The van der Waals surface area contributed by atoms with E-state index in [4.69, 9.17) is 0 Å². The molecule has 1 atom stereocenters. The molecule has 0 radical (unpaired) electrons. The van der Waals surface area contributed by atoms with Gasteiger partial charge in [0.25, 0.3) is 0 Å². The zero-order valence-electron chi connectivity index (χ0n) is 8.77. The summed E-state index contributed by atoms with van der Waals surface area (Å²) < 4.78 is 0. The summed E-state index contributed by atoms with van der Waals surface area (Å²) >= 11 is 1.28. The Balaban J connectivity index is 2.64. The van der Waals surface area contributed by atoms with Crippen molar-refractivity contribution in [3.63, 3.8) is 0 Å². The van der Waals surface area contributed by atoms with E-state index in [1.165, 1.54) is 11.8 Å². The Labute approximate surface area is 94.9 Å². The third-order valence-electron chi connectivity index (χ3n) is 2.08. The molecule has 1 nitrogen and oxygen atoms in total. The molecule has 0 aliphatic heterocycles. The van der Waals surface area contributed by atoms with Crippen LogP contribution in [0, 0.1) is 0 Å². The predicted molar refractivity (Wildman–Crippen MR) is 67.2 cm³/mol. The Hall–Kier alpha value is -1.28. The summed E-state index contributed by atoms with van der Waals surface area (Å²) in [4.78, 5) is 11.8. The van der Waals surface area contributed by atoms with Gasteiger partial charge in [-0.25, -0.2) is 0 Å². The van der Waals surface area contributed by atoms with Crippen LogP contribution in [0.2, 0.25) is 0 Å². The summed E-state index contributed by atoms with van der Waals surface area (Å²) in [5.74, 6) is 0. The van der Waals surface area contributed by atoms with Crippen LogP contribution in [0.5, 0.6) is 0 Å². The quantitative estimate of drug-likeness (QED) is 0.717. The van der Waals surface area contributed by atoms with E-state index in [1.807, 2.05) is 37.3 Å². The van der Waals surface area contributed by atoms with Gasteiger partial charge in [0.2, 0.25) is 5.12 Å². The van der Waals surface area contributed by atoms with Crippen LogP contribution >= 0.6 is 11.8 Å². The normalized spacial score (nSPS) is 11.8. The second-order valence-corrected chi connectivity index (χ2v) is 4.51. The molecule has 0 aromatic heterocycles. The SMILES string of the molecule is C=CC(=C)C(C)SC(=O)c1ccccc1. The summed E-state index contributed by atoms with van der Waals surface area (Å²) in [6.07, 6.45) is 1.69. The Morgan fingerprint density at radius 2 is 2.00 bits per heavy atom. The van der Waals surface area contributed by atoms with Gasteiger partial charge in [-0.3, -0.25) is 4.79 Å². The fraction of sp³-hybridized carbons (Fsp3) is 0.154. The van der Waals surface area contributed by atoms with Gasteiger partial charge in [-0.2, -0.15) is 0 Å². The van der Waals surface area contributed by atoms with Crippen molar-refractivity contribution in [2.24, 2.45) is 0 Å². The monoisotopic (exact) mass is 218 g/mol. The van der Waals surface area contributed by atoms with E-state index in [0.717, 1.165) is 11.1 Å². The first-order chi connectivity index (χ1) is 7.15. The lowest BCUT2D eigenvalue weighted by Gasteiger charge is -2.09. The number of rotatable bonds is 4. The molecule has 0 bridgehead atoms. The zero-order chi connectivity index (χ0) is 11.3. The average Bonchev–Trinajstić information content (AvgIpc) is 2.29. The highest BCUT2D eigenvalue weighted by Gasteiger charge is 2.12. The van der Waals surface area contributed by atoms with E-state index in [2.05, 4.69) is 13.2 Å². The van der Waals surface area contributed by atoms with Crippen molar-refractivity contribution in [2.45, 2.75) is 12.2 Å². The number of carbonyl (C=O) groups is 1. The Morgan fingerprint density at radius 3 is 2.53 bits per heavy atom. The highest BCUT2D eigenvalue weighted by Crippen LogP contribution is 2.22. The van der Waals surface area contributed by atoms with Gasteiger partial charge in [-0.05, 0) is 12.5 Å². The lowest BCUT2D eigenvalue weighted by atomic mass is 10.2. The fourth-order valence-electron chi connectivity index (χ4n) is 1.04. The Morgan fingerprint density at radius 1 is 1.40 bits per heavy atom. The van der Waals surface area contributed by atoms with Gasteiger partial charge in [-0.1, -0.05) is 61.3 Å². The minimum atomic E-state index is 0.0751. The second kappa shape index (κ2) is 5.56. The molecular weight excluding hydrogens is 204 g/mol. The molecule has 0 saturated carbocycles. The second-order valence-electron chi connectivity index (χ2n) is 3.19. The lowest BCUT2D eigenvalue weighted by Crippen LogP contribution is -2.03. The van der Waals surface area contributed by atoms with Gasteiger partial charge in [-0.15, -0.1) is 0 Å². The maximum Gasteiger partial charge on any atom is 0.219 e. The van der Waals surface area contributed by atoms with Crippen molar-refractivity contribution in [3.8, 4) is 0 Å². The van der Waals surface area contributed by atoms with Crippen LogP contribution in [0.1, 0.15) is 17.3 Å². The van der Waals surface area contributed by atoms with Gasteiger partial charge < -0.3 is 0 Å². The fourth-order valence-corrected chi connectivity index (χ4v) is 1.89. The van der Waals surface area contributed by atoms with Crippen molar-refractivity contribution in [2.75, 3.05) is 0 Å². The van der Waals surface area contributed by atoms with Gasteiger partial charge in [0.1, 0.15) is 0 Å². The van der Waals surface area contributed by atoms with E-state index in [1.54, 1.807) is 6.08 Å². The lowest BCUT2D eigenvalue weighted by molar-refractivity contribution is 0.108. The molecule has 2 heteroatoms. The van der Waals surface area contributed by atoms with Crippen LogP contribution in [-0.4, -0.2) is 10.4 Å². The summed E-state index contributed by atoms with van der Waals surface area (Å²) in [5.41, 5.74) is 1.61. The molecule has 0 aliphatic rings. The van der Waals surface area contributed by atoms with E-state index in [9.17, 15) is 4.79 Å². The van der Waals surface area contributed by atoms with Crippen molar-refractivity contribution in [1.29, 1.82) is 0 Å². The van der Waals surface area contributed by atoms with Gasteiger partial charge >= 0.3 is 0 Å². The molecule has 0 N–H and O–H groups in total. The molecule has 15 heavy (non-hydrogen) atoms. The third-order valence-corrected chi connectivity index (χ3v) is 3.18. The third kappa shape index (κ3) is 3.40. The largest absolute Gasteiger partial charge is 0.282 e. The smallest absolute Gasteiger partial charge is 0.219 e. The van der Waals surface area contributed by atoms with Gasteiger partial charge in [0.15, 0.2) is 0 Å². The number of benzene rings is 1. The molecule has 0 spiro atoms. The summed E-state index contributed by atoms with van der Waals surface area (Å²) in [6, 6.07) is 9.26. The van der Waals surface area contributed by atoms with Crippen molar-refractivity contribution < 1.29 is 4.79 Å². The maximum atomic E-state index is 11.8. The molecule has 0 saturated heterocycles. The number of hydrogen-bond donors (Lipinski definition) is 0. The number of hydrogen-bond acceptors (Lipinski definition) is 2. The molecule has 1 aromatic carbocycles. The summed E-state index contributed by atoms with van der Waals surface area (Å²) in [6.45, 7) is 9.42. The molecule has 0 heterocycles. The maximum absolute atomic E-state index is 11.8. The van der Waals surface area contributed by atoms with Gasteiger partial charge in [0.05, 0.1) is 0 Å². The van der Waals surface area contributed by atoms with E-state index < -0.39 is 0 Å². The molecule has 1 aromatic rings. The summed E-state index contributed by atoms with van der Waals surface area (Å²) in [7, 11) is 0. The number of allylic oxidation sites excluding steroid dienone is 1. The molecule has 1 rings (SSSR count). The number of thioether (sulfide) groups is 1. The predicted octanol–water partition coefficient (Wildman–Crippen LogP) is 3.69. The summed E-state index contributed by atoms with van der Waals surface area (Å²) in [5, 5.41) is 0.154. The van der Waals surface area contributed by atoms with Crippen molar-refractivity contribution in [3.05, 3.63) is 60.7 Å². The van der Waals surface area contributed by atoms with Crippen LogP contribution < -0.4 is 0 Å². The first-order valence-electron chi connectivity index (χ1n) is 4.72. The first-order valence-corrected chi connectivity index (χ1v) is 5.60. The Bertz CT molecular complexity index is 367. The topological polar surface area (TPSA) is 17.1 Å². The van der Waals surface area contributed by atoms with Crippen LogP contribution in [0.4, 0.5) is 0 Å². The van der Waals surface area contributed by atoms with Crippen molar-refractivity contribution in [1.82, 2.24) is 0 Å². The van der Waals surface area contributed by atoms with Crippen LogP contribution in [-0.2, 0) is 0 Å². The number of carbonyl (C=O) groups excluding carboxylic acids is 1. The molecule has 0 fully saturated rings. The zero-order valence-corrected chi connectivity index (χ0v) is 9.59. The molecule has 1 unspecified atom stereocenters. The van der Waals surface area contributed by atoms with E-state index >= 15 is 0 Å². The highest BCUT2D eigenvalue weighted by atomic mass is 32.2. The Kier molecular flexibility index (Phi) is 4.37. The first kappa shape index (κ1) is 11.8.